The van der Waals surface area contributed by atoms with Gasteiger partial charge in [-0.1, -0.05) is 18.2 Å². The van der Waals surface area contributed by atoms with Gasteiger partial charge in [0, 0.05) is 19.8 Å². The Morgan fingerprint density at radius 3 is 2.52 bits per heavy atom. The highest BCUT2D eigenvalue weighted by atomic mass is 15.1. The first kappa shape index (κ1) is 14.5. The van der Waals surface area contributed by atoms with Gasteiger partial charge in [-0.2, -0.15) is 0 Å². The van der Waals surface area contributed by atoms with Crippen LogP contribution in [-0.2, 0) is 13.6 Å². The SMILES string of the molecule is Cn1c(-c2ccc(-c3ccccn3)n2CC2CC2)nc2ccccc21. The quantitative estimate of drug-likeness (QED) is 0.552. The van der Waals surface area contributed by atoms with Gasteiger partial charge in [0.2, 0.25) is 0 Å². The van der Waals surface area contributed by atoms with Crippen molar-refractivity contribution in [2.24, 2.45) is 13.0 Å². The van der Waals surface area contributed by atoms with Crippen LogP contribution in [0.5, 0.6) is 0 Å². The standard InChI is InChI=1S/C21H20N4/c1-24-18-8-3-2-7-17(18)23-21(24)20-12-11-19(16-6-4-5-13-22-16)25(20)14-15-9-10-15/h2-8,11-13,15H,9-10,14H2,1H3. The number of para-hydroxylation sites is 2. The average molecular weight is 328 g/mol. The monoisotopic (exact) mass is 328 g/mol. The van der Waals surface area contributed by atoms with Crippen molar-refractivity contribution in [2.75, 3.05) is 0 Å². The molecule has 124 valence electrons. The Morgan fingerprint density at radius 1 is 0.960 bits per heavy atom. The van der Waals surface area contributed by atoms with Crippen molar-refractivity contribution in [1.29, 1.82) is 0 Å². The van der Waals surface area contributed by atoms with Gasteiger partial charge in [-0.25, -0.2) is 4.98 Å². The van der Waals surface area contributed by atoms with Gasteiger partial charge < -0.3 is 9.13 Å². The summed E-state index contributed by atoms with van der Waals surface area (Å²) in [6.07, 6.45) is 4.50. The van der Waals surface area contributed by atoms with E-state index in [1.807, 2.05) is 24.4 Å². The zero-order chi connectivity index (χ0) is 16.8. The highest BCUT2D eigenvalue weighted by Gasteiger charge is 2.25. The van der Waals surface area contributed by atoms with E-state index >= 15 is 0 Å². The zero-order valence-electron chi connectivity index (χ0n) is 14.3. The van der Waals surface area contributed by atoms with Crippen LogP contribution in [-0.4, -0.2) is 19.1 Å². The fourth-order valence-corrected chi connectivity index (χ4v) is 3.53. The van der Waals surface area contributed by atoms with Gasteiger partial charge in [0.1, 0.15) is 0 Å². The molecule has 4 aromatic rings. The third kappa shape index (κ3) is 2.45. The number of hydrogen-bond donors (Lipinski definition) is 0. The lowest BCUT2D eigenvalue weighted by Crippen LogP contribution is -2.06. The molecule has 3 heterocycles. The van der Waals surface area contributed by atoms with Crippen LogP contribution < -0.4 is 0 Å². The number of hydrogen-bond acceptors (Lipinski definition) is 2. The van der Waals surface area contributed by atoms with E-state index in [4.69, 9.17) is 4.98 Å². The van der Waals surface area contributed by atoms with Gasteiger partial charge in [-0.05, 0) is 55.2 Å². The molecule has 4 nitrogen and oxygen atoms in total. The van der Waals surface area contributed by atoms with E-state index in [9.17, 15) is 0 Å². The Hall–Kier alpha value is -2.88. The van der Waals surface area contributed by atoms with Gasteiger partial charge in [0.15, 0.2) is 5.82 Å². The highest BCUT2D eigenvalue weighted by Crippen LogP contribution is 2.36. The average Bonchev–Trinajstić information content (AvgIpc) is 3.29. The van der Waals surface area contributed by atoms with Crippen molar-refractivity contribution < 1.29 is 0 Å². The molecule has 1 fully saturated rings. The second kappa shape index (κ2) is 5.59. The Morgan fingerprint density at radius 2 is 1.76 bits per heavy atom. The minimum atomic E-state index is 0.781. The van der Waals surface area contributed by atoms with Crippen LogP contribution in [0.3, 0.4) is 0 Å². The maximum absolute atomic E-state index is 4.90. The molecule has 1 aliphatic rings. The first-order chi connectivity index (χ1) is 12.3. The molecule has 1 saturated carbocycles. The van der Waals surface area contributed by atoms with E-state index in [1.54, 1.807) is 0 Å². The third-order valence-corrected chi connectivity index (χ3v) is 5.06. The Labute approximate surface area is 146 Å². The molecular formula is C21H20N4. The van der Waals surface area contributed by atoms with E-state index < -0.39 is 0 Å². The molecule has 4 heteroatoms. The second-order valence-corrected chi connectivity index (χ2v) is 6.86. The van der Waals surface area contributed by atoms with Crippen LogP contribution in [0.2, 0.25) is 0 Å². The molecule has 0 bridgehead atoms. The molecule has 0 aliphatic heterocycles. The van der Waals surface area contributed by atoms with E-state index in [0.29, 0.717) is 0 Å². The van der Waals surface area contributed by atoms with Crippen molar-refractivity contribution in [3.05, 3.63) is 60.8 Å². The molecule has 25 heavy (non-hydrogen) atoms. The molecule has 1 aromatic carbocycles. The predicted octanol–water partition coefficient (Wildman–Crippen LogP) is 4.51. The number of fused-ring (bicyclic) bond motifs is 1. The zero-order valence-corrected chi connectivity index (χ0v) is 14.3. The summed E-state index contributed by atoms with van der Waals surface area (Å²) in [6.45, 7) is 1.04. The summed E-state index contributed by atoms with van der Waals surface area (Å²) in [5.74, 6) is 1.80. The molecule has 0 atom stereocenters. The lowest BCUT2D eigenvalue weighted by molar-refractivity contribution is 0.636. The normalized spacial score (nSPS) is 14.3. The summed E-state index contributed by atoms with van der Waals surface area (Å²) in [4.78, 5) is 9.46. The summed E-state index contributed by atoms with van der Waals surface area (Å²) in [5.41, 5.74) is 5.57. The van der Waals surface area contributed by atoms with Gasteiger partial charge in [0.25, 0.3) is 0 Å². The third-order valence-electron chi connectivity index (χ3n) is 5.06. The molecular weight excluding hydrogens is 308 g/mol. The van der Waals surface area contributed by atoms with Crippen LogP contribution in [0.15, 0.2) is 60.8 Å². The Kier molecular flexibility index (Phi) is 3.23. The summed E-state index contributed by atoms with van der Waals surface area (Å²) in [5, 5.41) is 0. The number of nitrogens with zero attached hydrogens (tertiary/aromatic N) is 4. The lowest BCUT2D eigenvalue weighted by Gasteiger charge is -2.13. The number of benzene rings is 1. The maximum Gasteiger partial charge on any atom is 0.157 e. The van der Waals surface area contributed by atoms with Crippen LogP contribution >= 0.6 is 0 Å². The molecule has 0 amide bonds. The highest BCUT2D eigenvalue weighted by molar-refractivity contribution is 5.80. The van der Waals surface area contributed by atoms with Gasteiger partial charge >= 0.3 is 0 Å². The smallest absolute Gasteiger partial charge is 0.157 e. The maximum atomic E-state index is 4.90. The Bertz CT molecular complexity index is 1040. The lowest BCUT2D eigenvalue weighted by atomic mass is 10.2. The van der Waals surface area contributed by atoms with E-state index in [-0.39, 0.29) is 0 Å². The first-order valence-corrected chi connectivity index (χ1v) is 8.84. The van der Waals surface area contributed by atoms with Crippen molar-refractivity contribution in [3.8, 4) is 22.9 Å². The molecule has 0 unspecified atom stereocenters. The molecule has 0 spiro atoms. The van der Waals surface area contributed by atoms with E-state index in [1.165, 1.54) is 24.2 Å². The molecule has 0 saturated heterocycles. The number of imidazole rings is 1. The fourth-order valence-electron chi connectivity index (χ4n) is 3.53. The number of aromatic nitrogens is 4. The number of pyridine rings is 1. The molecule has 0 radical (unpaired) electrons. The molecule has 3 aromatic heterocycles. The summed E-state index contributed by atoms with van der Waals surface area (Å²) in [7, 11) is 2.10. The van der Waals surface area contributed by atoms with Gasteiger partial charge in [-0.15, -0.1) is 0 Å². The minimum Gasteiger partial charge on any atom is -0.336 e. The Balaban J connectivity index is 1.70. The molecule has 0 N–H and O–H groups in total. The van der Waals surface area contributed by atoms with Gasteiger partial charge in [-0.3, -0.25) is 4.98 Å². The molecule has 1 aliphatic carbocycles. The van der Waals surface area contributed by atoms with Crippen molar-refractivity contribution >= 4 is 11.0 Å². The van der Waals surface area contributed by atoms with Crippen LogP contribution in [0.4, 0.5) is 0 Å². The number of aryl methyl sites for hydroxylation is 1. The first-order valence-electron chi connectivity index (χ1n) is 8.84. The van der Waals surface area contributed by atoms with Crippen LogP contribution in [0.25, 0.3) is 33.9 Å². The van der Waals surface area contributed by atoms with Crippen LogP contribution in [0, 0.1) is 5.92 Å². The minimum absolute atomic E-state index is 0.781. The van der Waals surface area contributed by atoms with E-state index in [0.717, 1.165) is 35.0 Å². The summed E-state index contributed by atoms with van der Waals surface area (Å²) < 4.78 is 4.59. The van der Waals surface area contributed by atoms with Crippen LogP contribution in [0.1, 0.15) is 12.8 Å². The number of rotatable bonds is 4. The second-order valence-electron chi connectivity index (χ2n) is 6.86. The van der Waals surface area contributed by atoms with Crippen molar-refractivity contribution in [3.63, 3.8) is 0 Å². The predicted molar refractivity (Wildman–Crippen MR) is 100 cm³/mol. The van der Waals surface area contributed by atoms with Crippen molar-refractivity contribution in [1.82, 2.24) is 19.1 Å². The largest absolute Gasteiger partial charge is 0.336 e. The fraction of sp³-hybridized carbons (Fsp3) is 0.238. The molecule has 5 rings (SSSR count). The van der Waals surface area contributed by atoms with E-state index in [2.05, 4.69) is 57.6 Å². The van der Waals surface area contributed by atoms with Gasteiger partial charge in [0.05, 0.1) is 28.1 Å². The summed E-state index contributed by atoms with van der Waals surface area (Å²) >= 11 is 0. The summed E-state index contributed by atoms with van der Waals surface area (Å²) in [6, 6.07) is 18.8. The van der Waals surface area contributed by atoms with Crippen molar-refractivity contribution in [2.45, 2.75) is 19.4 Å². The topological polar surface area (TPSA) is 35.6 Å².